The molecule has 1 heterocycles. The van der Waals surface area contributed by atoms with E-state index in [4.69, 9.17) is 9.47 Å². The van der Waals surface area contributed by atoms with E-state index in [-0.39, 0.29) is 29.5 Å². The van der Waals surface area contributed by atoms with E-state index in [1.54, 1.807) is 19.4 Å². The lowest BCUT2D eigenvalue weighted by Crippen LogP contribution is -2.33. The largest absolute Gasteiger partial charge is 0.490 e. The maximum absolute atomic E-state index is 12.8. The topological polar surface area (TPSA) is 94.8 Å². The summed E-state index contributed by atoms with van der Waals surface area (Å²) < 4.78 is 10.0. The predicted octanol–water partition coefficient (Wildman–Crippen LogP) is 2.29. The number of rotatable bonds is 8. The number of carbonyl (C=O) groups excluding carboxylic acids is 1. The van der Waals surface area contributed by atoms with Crippen LogP contribution in [0.3, 0.4) is 0 Å². The third-order valence-electron chi connectivity index (χ3n) is 3.55. The molecule has 0 bridgehead atoms. The average molecular weight is 345 g/mol. The minimum Gasteiger partial charge on any atom is -0.490 e. The molecule has 0 atom stereocenters. The highest BCUT2D eigenvalue weighted by Crippen LogP contribution is 2.28. The average Bonchev–Trinajstić information content (AvgIpc) is 2.64. The van der Waals surface area contributed by atoms with Gasteiger partial charge < -0.3 is 14.4 Å². The molecule has 2 rings (SSSR count). The lowest BCUT2D eigenvalue weighted by Gasteiger charge is -2.22. The van der Waals surface area contributed by atoms with Gasteiger partial charge in [-0.2, -0.15) is 0 Å². The van der Waals surface area contributed by atoms with Crippen LogP contribution in [-0.2, 0) is 11.3 Å². The van der Waals surface area contributed by atoms with Crippen LogP contribution in [0, 0.1) is 10.1 Å². The highest BCUT2D eigenvalue weighted by Gasteiger charge is 2.22. The zero-order chi connectivity index (χ0) is 18.2. The summed E-state index contributed by atoms with van der Waals surface area (Å²) in [6, 6.07) is 9.58. The second-order valence-corrected chi connectivity index (χ2v) is 5.18. The van der Waals surface area contributed by atoms with E-state index < -0.39 is 4.92 Å². The first-order valence-corrected chi connectivity index (χ1v) is 7.57. The standard InChI is InChI=1S/C17H19N3O5/c1-24-10-9-19(12-14-5-3-4-8-18-14)17(21)13-6-7-16(25-2)15(11-13)20(22)23/h3-8,11H,9-10,12H2,1-2H3. The number of hydrogen-bond acceptors (Lipinski definition) is 6. The van der Waals surface area contributed by atoms with Crippen LogP contribution in [0.5, 0.6) is 5.75 Å². The van der Waals surface area contributed by atoms with Crippen molar-refractivity contribution in [3.63, 3.8) is 0 Å². The monoisotopic (exact) mass is 345 g/mol. The highest BCUT2D eigenvalue weighted by molar-refractivity contribution is 5.95. The van der Waals surface area contributed by atoms with Gasteiger partial charge in [0, 0.05) is 31.5 Å². The molecule has 0 radical (unpaired) electrons. The number of hydrogen-bond donors (Lipinski definition) is 0. The van der Waals surface area contributed by atoms with Crippen molar-refractivity contribution < 1.29 is 19.2 Å². The number of nitro benzene ring substituents is 1. The Balaban J connectivity index is 2.29. The van der Waals surface area contributed by atoms with Gasteiger partial charge in [0.25, 0.3) is 5.91 Å². The number of aromatic nitrogens is 1. The van der Waals surface area contributed by atoms with Gasteiger partial charge >= 0.3 is 5.69 Å². The van der Waals surface area contributed by atoms with Gasteiger partial charge in [0.05, 0.1) is 30.9 Å². The third kappa shape index (κ3) is 4.74. The third-order valence-corrected chi connectivity index (χ3v) is 3.55. The highest BCUT2D eigenvalue weighted by atomic mass is 16.6. The Labute approximate surface area is 145 Å². The summed E-state index contributed by atoms with van der Waals surface area (Å²) in [6.07, 6.45) is 1.65. The van der Waals surface area contributed by atoms with Crippen LogP contribution in [0.25, 0.3) is 0 Å². The fourth-order valence-corrected chi connectivity index (χ4v) is 2.29. The van der Waals surface area contributed by atoms with Crippen LogP contribution in [-0.4, -0.2) is 48.1 Å². The van der Waals surface area contributed by atoms with Crippen molar-refractivity contribution in [2.45, 2.75) is 6.54 Å². The number of benzene rings is 1. The summed E-state index contributed by atoms with van der Waals surface area (Å²) in [7, 11) is 2.89. The van der Waals surface area contributed by atoms with E-state index in [0.717, 1.165) is 5.69 Å². The van der Waals surface area contributed by atoms with Crippen LogP contribution in [0.1, 0.15) is 16.1 Å². The van der Waals surface area contributed by atoms with Crippen molar-refractivity contribution in [3.05, 3.63) is 64.0 Å². The van der Waals surface area contributed by atoms with E-state index in [2.05, 4.69) is 4.98 Å². The zero-order valence-electron chi connectivity index (χ0n) is 14.0. The number of methoxy groups -OCH3 is 2. The van der Waals surface area contributed by atoms with Gasteiger partial charge in [-0.05, 0) is 24.3 Å². The van der Waals surface area contributed by atoms with Gasteiger partial charge in [0.1, 0.15) is 0 Å². The van der Waals surface area contributed by atoms with Crippen LogP contribution in [0.15, 0.2) is 42.6 Å². The van der Waals surface area contributed by atoms with Crippen molar-refractivity contribution >= 4 is 11.6 Å². The first-order valence-electron chi connectivity index (χ1n) is 7.57. The molecule has 2 aromatic rings. The molecule has 132 valence electrons. The number of carbonyl (C=O) groups is 1. The first-order chi connectivity index (χ1) is 12.1. The summed E-state index contributed by atoms with van der Waals surface area (Å²) in [5.41, 5.74) is 0.673. The molecule has 1 aromatic carbocycles. The van der Waals surface area contributed by atoms with Crippen molar-refractivity contribution in [2.75, 3.05) is 27.4 Å². The molecule has 0 N–H and O–H groups in total. The SMILES string of the molecule is COCCN(Cc1ccccn1)C(=O)c1ccc(OC)c([N+](=O)[O-])c1. The van der Waals surface area contributed by atoms with Gasteiger partial charge in [-0.3, -0.25) is 19.9 Å². The van der Waals surface area contributed by atoms with Crippen LogP contribution >= 0.6 is 0 Å². The Kier molecular flexibility index (Phi) is 6.41. The molecular formula is C17H19N3O5. The number of nitro groups is 1. The Morgan fingerprint density at radius 1 is 1.28 bits per heavy atom. The van der Waals surface area contributed by atoms with Crippen molar-refractivity contribution in [2.24, 2.45) is 0 Å². The first kappa shape index (κ1) is 18.3. The minimum absolute atomic E-state index is 0.106. The molecule has 1 amide bonds. The smallest absolute Gasteiger partial charge is 0.311 e. The van der Waals surface area contributed by atoms with E-state index >= 15 is 0 Å². The second kappa shape index (κ2) is 8.74. The van der Waals surface area contributed by atoms with Gasteiger partial charge in [-0.25, -0.2) is 0 Å². The van der Waals surface area contributed by atoms with E-state index in [0.29, 0.717) is 13.2 Å². The van der Waals surface area contributed by atoms with E-state index in [1.165, 1.54) is 30.2 Å². The van der Waals surface area contributed by atoms with Gasteiger partial charge in [-0.1, -0.05) is 6.07 Å². The van der Waals surface area contributed by atoms with Gasteiger partial charge in [0.15, 0.2) is 5.75 Å². The maximum Gasteiger partial charge on any atom is 0.311 e. The molecule has 8 nitrogen and oxygen atoms in total. The molecular weight excluding hydrogens is 326 g/mol. The van der Waals surface area contributed by atoms with Gasteiger partial charge in [-0.15, -0.1) is 0 Å². The quantitative estimate of drug-likeness (QED) is 0.538. The fraction of sp³-hybridized carbons (Fsp3) is 0.294. The lowest BCUT2D eigenvalue weighted by molar-refractivity contribution is -0.385. The maximum atomic E-state index is 12.8. The summed E-state index contributed by atoms with van der Waals surface area (Å²) in [6.45, 7) is 0.964. The molecule has 0 spiro atoms. The molecule has 25 heavy (non-hydrogen) atoms. The molecule has 0 unspecified atom stereocenters. The molecule has 0 aliphatic carbocycles. The van der Waals surface area contributed by atoms with Crippen LogP contribution in [0.4, 0.5) is 5.69 Å². The summed E-state index contributed by atoms with van der Waals surface area (Å²) >= 11 is 0. The van der Waals surface area contributed by atoms with Crippen molar-refractivity contribution in [3.8, 4) is 5.75 Å². The Bertz CT molecular complexity index is 736. The number of amides is 1. The summed E-state index contributed by atoms with van der Waals surface area (Å²) in [5, 5.41) is 11.2. The fourth-order valence-electron chi connectivity index (χ4n) is 2.29. The molecule has 0 fully saturated rings. The minimum atomic E-state index is -0.576. The molecule has 1 aromatic heterocycles. The van der Waals surface area contributed by atoms with E-state index in [9.17, 15) is 14.9 Å². The van der Waals surface area contributed by atoms with E-state index in [1.807, 2.05) is 12.1 Å². The number of ether oxygens (including phenoxy) is 2. The predicted molar refractivity (Wildman–Crippen MR) is 90.5 cm³/mol. The zero-order valence-corrected chi connectivity index (χ0v) is 14.0. The lowest BCUT2D eigenvalue weighted by atomic mass is 10.1. The summed E-state index contributed by atoms with van der Waals surface area (Å²) in [5.74, 6) is -0.233. The normalized spacial score (nSPS) is 10.3. The summed E-state index contributed by atoms with van der Waals surface area (Å²) in [4.78, 5) is 29.1. The van der Waals surface area contributed by atoms with Crippen molar-refractivity contribution in [1.82, 2.24) is 9.88 Å². The second-order valence-electron chi connectivity index (χ2n) is 5.18. The Morgan fingerprint density at radius 2 is 2.08 bits per heavy atom. The molecule has 0 saturated heterocycles. The molecule has 0 saturated carbocycles. The van der Waals surface area contributed by atoms with Crippen molar-refractivity contribution in [1.29, 1.82) is 0 Å². The molecule has 8 heteroatoms. The van der Waals surface area contributed by atoms with Crippen LogP contribution < -0.4 is 4.74 Å². The Morgan fingerprint density at radius 3 is 2.68 bits per heavy atom. The molecule has 0 aliphatic heterocycles. The van der Waals surface area contributed by atoms with Gasteiger partial charge in [0.2, 0.25) is 0 Å². The number of nitrogens with zero attached hydrogens (tertiary/aromatic N) is 3. The molecule has 0 aliphatic rings. The number of pyridine rings is 1. The van der Waals surface area contributed by atoms with Crippen LogP contribution in [0.2, 0.25) is 0 Å². The Hall–Kier alpha value is -3.00.